The molecule has 1 aliphatic carbocycles. The van der Waals surface area contributed by atoms with Gasteiger partial charge in [-0.15, -0.1) is 0 Å². The monoisotopic (exact) mass is 376 g/mol. The third-order valence-electron chi connectivity index (χ3n) is 5.11. The van der Waals surface area contributed by atoms with Gasteiger partial charge in [0, 0.05) is 6.04 Å². The van der Waals surface area contributed by atoms with E-state index in [0.29, 0.717) is 11.5 Å². The van der Waals surface area contributed by atoms with Crippen LogP contribution in [0.2, 0.25) is 0 Å². The molecule has 2 N–H and O–H groups in total. The summed E-state index contributed by atoms with van der Waals surface area (Å²) in [5.41, 5.74) is 0.841. The topological polar surface area (TPSA) is 76.7 Å². The molecular formula is C21H32N2O4. The molecule has 0 bridgehead atoms. The number of benzene rings is 1. The van der Waals surface area contributed by atoms with Crippen molar-refractivity contribution in [2.45, 2.75) is 57.9 Å². The minimum Gasteiger partial charge on any atom is -0.493 e. The minimum absolute atomic E-state index is 0.00580. The summed E-state index contributed by atoms with van der Waals surface area (Å²) in [6.45, 7) is 3.98. The van der Waals surface area contributed by atoms with E-state index in [2.05, 4.69) is 10.6 Å². The normalized spacial score (nSPS) is 15.9. The van der Waals surface area contributed by atoms with Crippen LogP contribution in [0.5, 0.6) is 11.5 Å². The summed E-state index contributed by atoms with van der Waals surface area (Å²) < 4.78 is 10.6. The Balaban J connectivity index is 1.99. The summed E-state index contributed by atoms with van der Waals surface area (Å²) in [5, 5.41) is 5.82. The Morgan fingerprint density at radius 1 is 1.07 bits per heavy atom. The van der Waals surface area contributed by atoms with E-state index >= 15 is 0 Å². The highest BCUT2D eigenvalue weighted by Crippen LogP contribution is 2.33. The van der Waals surface area contributed by atoms with Gasteiger partial charge in [-0.05, 0) is 36.5 Å². The van der Waals surface area contributed by atoms with E-state index in [1.54, 1.807) is 20.3 Å². The summed E-state index contributed by atoms with van der Waals surface area (Å²) in [4.78, 5) is 24.9. The van der Waals surface area contributed by atoms with Crippen LogP contribution in [0.4, 0.5) is 0 Å². The molecule has 1 fully saturated rings. The highest BCUT2D eigenvalue weighted by atomic mass is 16.5. The van der Waals surface area contributed by atoms with Crippen LogP contribution in [0.1, 0.15) is 57.4 Å². The number of methoxy groups -OCH3 is 2. The number of hydrogen-bond donors (Lipinski definition) is 2. The molecule has 1 aromatic rings. The van der Waals surface area contributed by atoms with Crippen molar-refractivity contribution in [2.24, 2.45) is 5.92 Å². The fourth-order valence-corrected chi connectivity index (χ4v) is 3.69. The van der Waals surface area contributed by atoms with Crippen molar-refractivity contribution in [1.82, 2.24) is 10.6 Å². The largest absolute Gasteiger partial charge is 0.493 e. The quantitative estimate of drug-likeness (QED) is 0.731. The lowest BCUT2D eigenvalue weighted by atomic mass is 9.87. The van der Waals surface area contributed by atoms with E-state index in [9.17, 15) is 9.59 Å². The predicted molar refractivity (Wildman–Crippen MR) is 105 cm³/mol. The van der Waals surface area contributed by atoms with Gasteiger partial charge in [-0.3, -0.25) is 9.59 Å². The molecular weight excluding hydrogens is 344 g/mol. The molecule has 0 saturated heterocycles. The first kappa shape index (κ1) is 21.1. The Kier molecular flexibility index (Phi) is 7.95. The van der Waals surface area contributed by atoms with Crippen LogP contribution in [-0.2, 0) is 9.59 Å². The van der Waals surface area contributed by atoms with Gasteiger partial charge in [0.1, 0.15) is 0 Å². The van der Waals surface area contributed by atoms with Crippen LogP contribution in [-0.4, -0.2) is 38.6 Å². The third-order valence-corrected chi connectivity index (χ3v) is 5.11. The van der Waals surface area contributed by atoms with E-state index in [1.165, 1.54) is 6.42 Å². The summed E-state index contributed by atoms with van der Waals surface area (Å²) in [5.74, 6) is 0.636. The zero-order valence-corrected chi connectivity index (χ0v) is 16.8. The smallest absolute Gasteiger partial charge is 0.239 e. The molecule has 6 nitrogen and oxygen atoms in total. The summed E-state index contributed by atoms with van der Waals surface area (Å²) in [7, 11) is 3.15. The van der Waals surface area contributed by atoms with Gasteiger partial charge in [0.2, 0.25) is 11.8 Å². The Labute approximate surface area is 162 Å². The number of ether oxygens (including phenoxy) is 2. The molecule has 0 aliphatic heterocycles. The fourth-order valence-electron chi connectivity index (χ4n) is 3.69. The van der Waals surface area contributed by atoms with Crippen LogP contribution in [0.25, 0.3) is 0 Å². The second-order valence-corrected chi connectivity index (χ2v) is 7.46. The molecule has 0 aromatic heterocycles. The SMILES string of the molecule is COc1ccc(C(C(=O)NCC(=O)NC2CCCCC2)C(C)C)cc1OC. The maximum Gasteiger partial charge on any atom is 0.239 e. The Hall–Kier alpha value is -2.24. The second kappa shape index (κ2) is 10.2. The molecule has 150 valence electrons. The number of carbonyl (C=O) groups excluding carboxylic acids is 2. The first-order valence-electron chi connectivity index (χ1n) is 9.75. The molecule has 1 atom stereocenters. The number of amides is 2. The van der Waals surface area contributed by atoms with Crippen molar-refractivity contribution in [3.05, 3.63) is 23.8 Å². The zero-order chi connectivity index (χ0) is 19.8. The van der Waals surface area contributed by atoms with Crippen molar-refractivity contribution in [3.63, 3.8) is 0 Å². The van der Waals surface area contributed by atoms with Gasteiger partial charge in [0.05, 0.1) is 26.7 Å². The van der Waals surface area contributed by atoms with Crippen molar-refractivity contribution in [3.8, 4) is 11.5 Å². The first-order chi connectivity index (χ1) is 13.0. The van der Waals surface area contributed by atoms with Gasteiger partial charge in [-0.1, -0.05) is 39.2 Å². The summed E-state index contributed by atoms with van der Waals surface area (Å²) in [6.07, 6.45) is 5.61. The lowest BCUT2D eigenvalue weighted by Crippen LogP contribution is -2.44. The van der Waals surface area contributed by atoms with Crippen molar-refractivity contribution < 1.29 is 19.1 Å². The molecule has 27 heavy (non-hydrogen) atoms. The van der Waals surface area contributed by atoms with Crippen molar-refractivity contribution in [2.75, 3.05) is 20.8 Å². The van der Waals surface area contributed by atoms with Crippen LogP contribution in [0.3, 0.4) is 0 Å². The van der Waals surface area contributed by atoms with E-state index in [1.807, 2.05) is 26.0 Å². The predicted octanol–water partition coefficient (Wildman–Crippen LogP) is 3.01. The van der Waals surface area contributed by atoms with E-state index in [-0.39, 0.29) is 36.2 Å². The van der Waals surface area contributed by atoms with E-state index < -0.39 is 0 Å². The summed E-state index contributed by atoms with van der Waals surface area (Å²) >= 11 is 0. The minimum atomic E-state index is -0.368. The molecule has 0 heterocycles. The van der Waals surface area contributed by atoms with Gasteiger partial charge < -0.3 is 20.1 Å². The van der Waals surface area contributed by atoms with E-state index in [4.69, 9.17) is 9.47 Å². The molecule has 1 unspecified atom stereocenters. The molecule has 2 amide bonds. The Morgan fingerprint density at radius 2 is 1.74 bits per heavy atom. The van der Waals surface area contributed by atoms with Crippen LogP contribution in [0.15, 0.2) is 18.2 Å². The lowest BCUT2D eigenvalue weighted by molar-refractivity contribution is -0.128. The maximum absolute atomic E-state index is 12.8. The van der Waals surface area contributed by atoms with Crippen LogP contribution < -0.4 is 20.1 Å². The summed E-state index contributed by atoms with van der Waals surface area (Å²) in [6, 6.07) is 5.74. The van der Waals surface area contributed by atoms with Gasteiger partial charge in [-0.2, -0.15) is 0 Å². The van der Waals surface area contributed by atoms with Gasteiger partial charge in [0.25, 0.3) is 0 Å². The molecule has 0 radical (unpaired) electrons. The Morgan fingerprint density at radius 3 is 2.33 bits per heavy atom. The number of carbonyl (C=O) groups is 2. The molecule has 1 saturated carbocycles. The number of rotatable bonds is 8. The van der Waals surface area contributed by atoms with Gasteiger partial charge >= 0.3 is 0 Å². The van der Waals surface area contributed by atoms with Crippen molar-refractivity contribution >= 4 is 11.8 Å². The maximum atomic E-state index is 12.8. The highest BCUT2D eigenvalue weighted by molar-refractivity contribution is 5.88. The fraction of sp³-hybridized carbons (Fsp3) is 0.619. The molecule has 1 aliphatic rings. The first-order valence-corrected chi connectivity index (χ1v) is 9.75. The van der Waals surface area contributed by atoms with Gasteiger partial charge in [-0.25, -0.2) is 0 Å². The number of nitrogens with one attached hydrogen (secondary N) is 2. The average molecular weight is 376 g/mol. The van der Waals surface area contributed by atoms with Crippen molar-refractivity contribution in [1.29, 1.82) is 0 Å². The van der Waals surface area contributed by atoms with Gasteiger partial charge in [0.15, 0.2) is 11.5 Å². The lowest BCUT2D eigenvalue weighted by Gasteiger charge is -2.24. The third kappa shape index (κ3) is 5.88. The van der Waals surface area contributed by atoms with Crippen LogP contribution in [0, 0.1) is 5.92 Å². The average Bonchev–Trinajstić information content (AvgIpc) is 2.67. The molecule has 1 aromatic carbocycles. The van der Waals surface area contributed by atoms with E-state index in [0.717, 1.165) is 31.2 Å². The number of hydrogen-bond acceptors (Lipinski definition) is 4. The Bertz CT molecular complexity index is 639. The zero-order valence-electron chi connectivity index (χ0n) is 16.8. The molecule has 2 rings (SSSR count). The standard InChI is InChI=1S/C21H32N2O4/c1-14(2)20(15-10-11-17(26-3)18(12-15)27-4)21(25)22-13-19(24)23-16-8-6-5-7-9-16/h10-12,14,16,20H,5-9,13H2,1-4H3,(H,22,25)(H,23,24). The second-order valence-electron chi connectivity index (χ2n) is 7.46. The molecule has 0 spiro atoms. The van der Waals surface area contributed by atoms with Crippen LogP contribution >= 0.6 is 0 Å². The molecule has 6 heteroatoms. The highest BCUT2D eigenvalue weighted by Gasteiger charge is 2.26.